The molecule has 2 rings (SSSR count). The number of aliphatic carboxylic acids is 1. The lowest BCUT2D eigenvalue weighted by Gasteiger charge is -2.31. The summed E-state index contributed by atoms with van der Waals surface area (Å²) in [5, 5.41) is 11.8. The maximum Gasteiger partial charge on any atom is 0.326 e. The van der Waals surface area contributed by atoms with Crippen molar-refractivity contribution in [3.63, 3.8) is 0 Å². The van der Waals surface area contributed by atoms with E-state index in [1.54, 1.807) is 0 Å². The van der Waals surface area contributed by atoms with Gasteiger partial charge in [-0.15, -0.1) is 0 Å². The van der Waals surface area contributed by atoms with Crippen LogP contribution in [0.1, 0.15) is 19.3 Å². The molecule has 1 atom stereocenters. The zero-order chi connectivity index (χ0) is 20.0. The van der Waals surface area contributed by atoms with Gasteiger partial charge in [0.1, 0.15) is 11.9 Å². The molecule has 1 amide bonds. The van der Waals surface area contributed by atoms with E-state index < -0.39 is 33.8 Å². The van der Waals surface area contributed by atoms with Gasteiger partial charge in [-0.25, -0.2) is 17.6 Å². The lowest BCUT2D eigenvalue weighted by molar-refractivity contribution is -0.142. The van der Waals surface area contributed by atoms with Gasteiger partial charge in [0.25, 0.3) is 0 Å². The standard InChI is InChI=1S/C17H23FN2O5S2/c1-26-11-8-15(17(22)23)19-16(21)12-6-9-20(10-7-12)27(24,25)14-4-2-13(18)3-5-14/h2-5,12,15H,6-11H2,1H3,(H,19,21)(H,22,23)/t15-/m0/s1. The molecular formula is C17H23FN2O5S2. The van der Waals surface area contributed by atoms with Crippen molar-refractivity contribution in [3.8, 4) is 0 Å². The number of nitrogens with one attached hydrogen (secondary N) is 1. The number of carboxylic acids is 1. The second-order valence-corrected chi connectivity index (χ2v) is 9.24. The molecular weight excluding hydrogens is 395 g/mol. The Morgan fingerprint density at radius 3 is 2.41 bits per heavy atom. The van der Waals surface area contributed by atoms with Gasteiger partial charge in [0, 0.05) is 19.0 Å². The highest BCUT2D eigenvalue weighted by Crippen LogP contribution is 2.24. The number of sulfonamides is 1. The zero-order valence-electron chi connectivity index (χ0n) is 14.9. The summed E-state index contributed by atoms with van der Waals surface area (Å²) >= 11 is 1.50. The van der Waals surface area contributed by atoms with Crippen molar-refractivity contribution >= 4 is 33.7 Å². The third-order valence-corrected chi connectivity index (χ3v) is 7.06. The van der Waals surface area contributed by atoms with E-state index in [-0.39, 0.29) is 23.9 Å². The quantitative estimate of drug-likeness (QED) is 0.664. The first-order valence-electron chi connectivity index (χ1n) is 8.53. The lowest BCUT2D eigenvalue weighted by atomic mass is 9.96. The Balaban J connectivity index is 1.94. The SMILES string of the molecule is CSCC[C@H](NC(=O)C1CCN(S(=O)(=O)c2ccc(F)cc2)CC1)C(=O)O. The zero-order valence-corrected chi connectivity index (χ0v) is 16.6. The first-order chi connectivity index (χ1) is 12.8. The molecule has 7 nitrogen and oxygen atoms in total. The predicted molar refractivity (Wildman–Crippen MR) is 100 cm³/mol. The van der Waals surface area contributed by atoms with Gasteiger partial charge in [0.15, 0.2) is 0 Å². The van der Waals surface area contributed by atoms with Crippen molar-refractivity contribution in [3.05, 3.63) is 30.1 Å². The number of benzene rings is 1. The number of hydrogen-bond acceptors (Lipinski definition) is 5. The van der Waals surface area contributed by atoms with Crippen molar-refractivity contribution in [2.45, 2.75) is 30.2 Å². The first kappa shape index (κ1) is 21.6. The number of piperidine rings is 1. The second kappa shape index (κ2) is 9.52. The highest BCUT2D eigenvalue weighted by atomic mass is 32.2. The molecule has 1 aromatic carbocycles. The van der Waals surface area contributed by atoms with Crippen LogP contribution in [0.4, 0.5) is 4.39 Å². The molecule has 0 aliphatic carbocycles. The lowest BCUT2D eigenvalue weighted by Crippen LogP contribution is -2.47. The minimum Gasteiger partial charge on any atom is -0.480 e. The Kier molecular flexibility index (Phi) is 7.63. The molecule has 10 heteroatoms. The van der Waals surface area contributed by atoms with Crippen LogP contribution in [0.2, 0.25) is 0 Å². The number of rotatable bonds is 8. The Morgan fingerprint density at radius 1 is 1.30 bits per heavy atom. The highest BCUT2D eigenvalue weighted by Gasteiger charge is 2.33. The fourth-order valence-electron chi connectivity index (χ4n) is 2.90. The molecule has 0 bridgehead atoms. The van der Waals surface area contributed by atoms with Gasteiger partial charge in [0.2, 0.25) is 15.9 Å². The van der Waals surface area contributed by atoms with Crippen molar-refractivity contribution in [2.24, 2.45) is 5.92 Å². The Bertz CT molecular complexity index is 762. The summed E-state index contributed by atoms with van der Waals surface area (Å²) in [7, 11) is -3.74. The Labute approximate surface area is 162 Å². The smallest absolute Gasteiger partial charge is 0.326 e. The van der Waals surface area contributed by atoms with Crippen LogP contribution in [0.25, 0.3) is 0 Å². The van der Waals surface area contributed by atoms with Gasteiger partial charge in [-0.1, -0.05) is 0 Å². The molecule has 0 radical (unpaired) electrons. The third kappa shape index (κ3) is 5.66. The van der Waals surface area contributed by atoms with Crippen LogP contribution in [-0.2, 0) is 19.6 Å². The summed E-state index contributed by atoms with van der Waals surface area (Å²) in [6.07, 6.45) is 2.81. The van der Waals surface area contributed by atoms with Crippen LogP contribution in [0.3, 0.4) is 0 Å². The average molecular weight is 419 g/mol. The molecule has 0 saturated carbocycles. The number of thioether (sulfide) groups is 1. The molecule has 1 aliphatic rings. The first-order valence-corrected chi connectivity index (χ1v) is 11.4. The van der Waals surface area contributed by atoms with Crippen LogP contribution in [0.5, 0.6) is 0 Å². The molecule has 1 heterocycles. The van der Waals surface area contributed by atoms with Gasteiger partial charge in [-0.3, -0.25) is 4.79 Å². The van der Waals surface area contributed by atoms with Crippen LogP contribution >= 0.6 is 11.8 Å². The summed E-state index contributed by atoms with van der Waals surface area (Å²) < 4.78 is 39.4. The molecule has 0 aromatic heterocycles. The second-order valence-electron chi connectivity index (χ2n) is 6.31. The fourth-order valence-corrected chi connectivity index (χ4v) is 4.84. The van der Waals surface area contributed by atoms with Crippen molar-refractivity contribution in [1.82, 2.24) is 9.62 Å². The summed E-state index contributed by atoms with van der Waals surface area (Å²) in [6.45, 7) is 0.306. The molecule has 1 aliphatic heterocycles. The summed E-state index contributed by atoms with van der Waals surface area (Å²) in [5.74, 6) is -1.76. The van der Waals surface area contributed by atoms with E-state index in [0.29, 0.717) is 25.0 Å². The van der Waals surface area contributed by atoms with Crippen LogP contribution in [0.15, 0.2) is 29.2 Å². The molecule has 0 spiro atoms. The highest BCUT2D eigenvalue weighted by molar-refractivity contribution is 7.98. The van der Waals surface area contributed by atoms with E-state index >= 15 is 0 Å². The van der Waals surface area contributed by atoms with E-state index in [1.165, 1.54) is 28.2 Å². The van der Waals surface area contributed by atoms with Gasteiger partial charge in [-0.05, 0) is 55.5 Å². The van der Waals surface area contributed by atoms with Gasteiger partial charge in [-0.2, -0.15) is 16.1 Å². The van der Waals surface area contributed by atoms with Gasteiger partial charge >= 0.3 is 5.97 Å². The summed E-state index contributed by atoms with van der Waals surface area (Å²) in [6, 6.07) is 3.67. The van der Waals surface area contributed by atoms with Crippen LogP contribution in [0, 0.1) is 11.7 Å². The topological polar surface area (TPSA) is 104 Å². The molecule has 2 N–H and O–H groups in total. The third-order valence-electron chi connectivity index (χ3n) is 4.50. The van der Waals surface area contributed by atoms with E-state index in [1.807, 2.05) is 6.26 Å². The number of carbonyl (C=O) groups is 2. The van der Waals surface area contributed by atoms with E-state index in [0.717, 1.165) is 12.1 Å². The Hall–Kier alpha value is -1.65. The molecule has 1 fully saturated rings. The maximum absolute atomic E-state index is 13.0. The summed E-state index contributed by atoms with van der Waals surface area (Å²) in [5.41, 5.74) is 0. The molecule has 150 valence electrons. The summed E-state index contributed by atoms with van der Waals surface area (Å²) in [4.78, 5) is 23.6. The minimum absolute atomic E-state index is 0.00908. The van der Waals surface area contributed by atoms with Crippen LogP contribution < -0.4 is 5.32 Å². The normalized spacial score (nSPS) is 17.4. The minimum atomic E-state index is -3.74. The average Bonchev–Trinajstić information content (AvgIpc) is 2.65. The van der Waals surface area contributed by atoms with E-state index in [4.69, 9.17) is 0 Å². The van der Waals surface area contributed by atoms with Gasteiger partial charge in [0.05, 0.1) is 4.90 Å². The van der Waals surface area contributed by atoms with Crippen molar-refractivity contribution < 1.29 is 27.5 Å². The van der Waals surface area contributed by atoms with Crippen molar-refractivity contribution in [2.75, 3.05) is 25.1 Å². The maximum atomic E-state index is 13.0. The number of nitrogens with zero attached hydrogens (tertiary/aromatic N) is 1. The van der Waals surface area contributed by atoms with Crippen LogP contribution in [-0.4, -0.2) is 60.8 Å². The number of hydrogen-bond donors (Lipinski definition) is 2. The number of halogens is 1. The largest absolute Gasteiger partial charge is 0.480 e. The molecule has 1 aromatic rings. The number of carboxylic acid groups (broad SMARTS) is 1. The van der Waals surface area contributed by atoms with E-state index in [2.05, 4.69) is 5.32 Å². The monoisotopic (exact) mass is 418 g/mol. The number of amides is 1. The predicted octanol–water partition coefficient (Wildman–Crippen LogP) is 1.55. The Morgan fingerprint density at radius 2 is 1.89 bits per heavy atom. The molecule has 27 heavy (non-hydrogen) atoms. The van der Waals surface area contributed by atoms with Gasteiger partial charge < -0.3 is 10.4 Å². The molecule has 1 saturated heterocycles. The van der Waals surface area contributed by atoms with Crippen molar-refractivity contribution in [1.29, 1.82) is 0 Å². The number of carbonyl (C=O) groups excluding carboxylic acids is 1. The molecule has 0 unspecified atom stereocenters. The van der Waals surface area contributed by atoms with E-state index in [9.17, 15) is 27.5 Å². The fraction of sp³-hybridized carbons (Fsp3) is 0.529.